The second kappa shape index (κ2) is 6.52. The molecule has 4 heteroatoms. The number of aromatic nitrogens is 1. The van der Waals surface area contributed by atoms with Gasteiger partial charge in [-0.1, -0.05) is 24.3 Å². The predicted octanol–water partition coefficient (Wildman–Crippen LogP) is 3.88. The summed E-state index contributed by atoms with van der Waals surface area (Å²) in [6, 6.07) is 14.1. The lowest BCUT2D eigenvalue weighted by atomic mass is 9.95. The molecule has 134 valence electrons. The van der Waals surface area contributed by atoms with Gasteiger partial charge in [0.25, 0.3) is 0 Å². The first-order chi connectivity index (χ1) is 12.6. The van der Waals surface area contributed by atoms with Crippen molar-refractivity contribution in [3.05, 3.63) is 65.4 Å². The van der Waals surface area contributed by atoms with E-state index in [4.69, 9.17) is 4.74 Å². The molecule has 1 fully saturated rings. The van der Waals surface area contributed by atoms with Gasteiger partial charge in [-0.05, 0) is 54.7 Å². The van der Waals surface area contributed by atoms with Gasteiger partial charge in [0.1, 0.15) is 5.75 Å². The van der Waals surface area contributed by atoms with Crippen LogP contribution in [0.2, 0.25) is 0 Å². The van der Waals surface area contributed by atoms with Crippen LogP contribution in [-0.4, -0.2) is 24.5 Å². The quantitative estimate of drug-likeness (QED) is 0.710. The normalized spacial score (nSPS) is 15.0. The average Bonchev–Trinajstić information content (AvgIpc) is 3.32. The largest absolute Gasteiger partial charge is 0.497 e. The molecule has 0 spiro atoms. The van der Waals surface area contributed by atoms with E-state index in [1.165, 1.54) is 10.9 Å². The summed E-state index contributed by atoms with van der Waals surface area (Å²) in [5.41, 5.74) is 4.69. The topological polar surface area (TPSA) is 54.1 Å². The molecule has 0 aliphatic heterocycles. The molecule has 1 saturated carbocycles. The van der Waals surface area contributed by atoms with Gasteiger partial charge in [0.2, 0.25) is 5.91 Å². The van der Waals surface area contributed by atoms with Crippen molar-refractivity contribution in [1.29, 1.82) is 0 Å². The molecule has 1 aliphatic rings. The van der Waals surface area contributed by atoms with E-state index in [0.717, 1.165) is 35.2 Å². The Morgan fingerprint density at radius 3 is 2.77 bits per heavy atom. The van der Waals surface area contributed by atoms with Gasteiger partial charge in [-0.2, -0.15) is 0 Å². The molecule has 0 atom stereocenters. The highest BCUT2D eigenvalue weighted by atomic mass is 16.5. The fraction of sp³-hybridized carbons (Fsp3) is 0.318. The molecule has 4 nitrogen and oxygen atoms in total. The van der Waals surface area contributed by atoms with Crippen LogP contribution >= 0.6 is 0 Å². The zero-order valence-electron chi connectivity index (χ0n) is 15.3. The molecule has 3 aromatic rings. The van der Waals surface area contributed by atoms with Gasteiger partial charge < -0.3 is 15.0 Å². The Kier molecular flexibility index (Phi) is 4.19. The van der Waals surface area contributed by atoms with Crippen molar-refractivity contribution in [2.24, 2.45) is 0 Å². The summed E-state index contributed by atoms with van der Waals surface area (Å²) in [5, 5.41) is 4.35. The van der Waals surface area contributed by atoms with Gasteiger partial charge in [0, 0.05) is 29.1 Å². The van der Waals surface area contributed by atoms with Crippen molar-refractivity contribution in [3.63, 3.8) is 0 Å². The number of nitrogens with one attached hydrogen (secondary N) is 2. The third-order valence-corrected chi connectivity index (χ3v) is 5.55. The fourth-order valence-corrected chi connectivity index (χ4v) is 3.67. The van der Waals surface area contributed by atoms with Crippen LogP contribution in [0.15, 0.2) is 48.7 Å². The van der Waals surface area contributed by atoms with Gasteiger partial charge >= 0.3 is 0 Å². The Morgan fingerprint density at radius 1 is 1.23 bits per heavy atom. The number of benzene rings is 2. The Balaban J connectivity index is 1.48. The molecule has 0 bridgehead atoms. The van der Waals surface area contributed by atoms with Gasteiger partial charge in [-0.25, -0.2) is 0 Å². The third-order valence-electron chi connectivity index (χ3n) is 5.55. The monoisotopic (exact) mass is 348 g/mol. The molecule has 1 heterocycles. The number of aromatic amines is 1. The summed E-state index contributed by atoms with van der Waals surface area (Å²) in [6.07, 6.45) is 4.72. The Labute approximate surface area is 153 Å². The lowest BCUT2D eigenvalue weighted by Gasteiger charge is -2.16. The second-order valence-electron chi connectivity index (χ2n) is 7.27. The predicted molar refractivity (Wildman–Crippen MR) is 104 cm³/mol. The number of rotatable bonds is 6. The molecule has 2 aromatic carbocycles. The van der Waals surface area contributed by atoms with E-state index in [9.17, 15) is 4.79 Å². The Morgan fingerprint density at radius 2 is 2.04 bits per heavy atom. The van der Waals surface area contributed by atoms with Crippen LogP contribution in [0.5, 0.6) is 5.75 Å². The number of amides is 1. The highest BCUT2D eigenvalue weighted by Gasteiger charge is 2.45. The molecule has 1 amide bonds. The molecule has 1 aromatic heterocycles. The van der Waals surface area contributed by atoms with Gasteiger partial charge in [-0.15, -0.1) is 0 Å². The van der Waals surface area contributed by atoms with E-state index in [1.54, 1.807) is 7.11 Å². The molecule has 4 rings (SSSR count). The first-order valence-electron chi connectivity index (χ1n) is 9.08. The van der Waals surface area contributed by atoms with Gasteiger partial charge in [0.15, 0.2) is 0 Å². The summed E-state index contributed by atoms with van der Waals surface area (Å²) < 4.78 is 5.37. The first kappa shape index (κ1) is 16.7. The number of H-pyrrole nitrogens is 1. The number of fused-ring (bicyclic) bond motifs is 1. The van der Waals surface area contributed by atoms with Gasteiger partial charge in [-0.3, -0.25) is 4.79 Å². The average molecular weight is 348 g/mol. The molecule has 0 unspecified atom stereocenters. The van der Waals surface area contributed by atoms with E-state index >= 15 is 0 Å². The highest BCUT2D eigenvalue weighted by molar-refractivity contribution is 5.86. The molecule has 0 radical (unpaired) electrons. The maximum Gasteiger partial charge on any atom is 0.224 e. The van der Waals surface area contributed by atoms with Crippen molar-refractivity contribution in [2.45, 2.75) is 31.6 Å². The maximum atomic E-state index is 12.4. The molecule has 0 saturated heterocycles. The Hall–Kier alpha value is -2.75. The van der Waals surface area contributed by atoms with Crippen LogP contribution in [0, 0.1) is 6.92 Å². The first-order valence-corrected chi connectivity index (χ1v) is 9.08. The van der Waals surface area contributed by atoms with E-state index in [2.05, 4.69) is 22.6 Å². The fourth-order valence-electron chi connectivity index (χ4n) is 3.67. The highest BCUT2D eigenvalue weighted by Crippen LogP contribution is 2.50. The van der Waals surface area contributed by atoms with Crippen molar-refractivity contribution < 1.29 is 9.53 Å². The number of carbonyl (C=O) groups excluding carboxylic acids is 1. The zero-order valence-corrected chi connectivity index (χ0v) is 15.3. The van der Waals surface area contributed by atoms with Crippen LogP contribution in [0.4, 0.5) is 0 Å². The number of hydrogen-bond acceptors (Lipinski definition) is 2. The van der Waals surface area contributed by atoms with Gasteiger partial charge in [0.05, 0.1) is 13.5 Å². The number of methoxy groups -OCH3 is 1. The maximum absolute atomic E-state index is 12.4. The summed E-state index contributed by atoms with van der Waals surface area (Å²) in [6.45, 7) is 2.73. The van der Waals surface area contributed by atoms with Crippen molar-refractivity contribution in [2.75, 3.05) is 13.7 Å². The Bertz CT molecular complexity index is 954. The van der Waals surface area contributed by atoms with Crippen LogP contribution in [0.1, 0.15) is 29.5 Å². The molecule has 1 aliphatic carbocycles. The zero-order chi connectivity index (χ0) is 18.1. The van der Waals surface area contributed by atoms with Crippen LogP contribution in [0.3, 0.4) is 0 Å². The summed E-state index contributed by atoms with van der Waals surface area (Å²) in [7, 11) is 1.69. The summed E-state index contributed by atoms with van der Waals surface area (Å²) in [4.78, 5) is 15.8. The van der Waals surface area contributed by atoms with E-state index in [0.29, 0.717) is 13.0 Å². The smallest absolute Gasteiger partial charge is 0.224 e. The number of aryl methyl sites for hydroxylation is 1. The van der Waals surface area contributed by atoms with E-state index in [1.807, 2.05) is 43.3 Å². The summed E-state index contributed by atoms with van der Waals surface area (Å²) >= 11 is 0. The minimum Gasteiger partial charge on any atom is -0.497 e. The van der Waals surface area contributed by atoms with E-state index < -0.39 is 0 Å². The number of hydrogen-bond donors (Lipinski definition) is 2. The van der Waals surface area contributed by atoms with Crippen molar-refractivity contribution >= 4 is 16.8 Å². The number of ether oxygens (including phenoxy) is 1. The standard InChI is InChI=1S/C22H24N2O2/c1-15-5-3-4-6-16(15)11-21(25)24-14-22(9-10-22)19-13-23-20-8-7-17(26-2)12-18(19)20/h3-8,12-13,23H,9-11,14H2,1-2H3,(H,24,25). The minimum atomic E-state index is 0.0476. The lowest BCUT2D eigenvalue weighted by molar-refractivity contribution is -0.120. The van der Waals surface area contributed by atoms with Crippen LogP contribution < -0.4 is 10.1 Å². The van der Waals surface area contributed by atoms with Crippen molar-refractivity contribution in [1.82, 2.24) is 10.3 Å². The molecule has 2 N–H and O–H groups in total. The SMILES string of the molecule is COc1ccc2[nH]cc(C3(CNC(=O)Cc4ccccc4C)CC3)c2c1. The number of carbonyl (C=O) groups is 1. The van der Waals surface area contributed by atoms with Crippen LogP contribution in [-0.2, 0) is 16.6 Å². The third kappa shape index (κ3) is 3.07. The van der Waals surface area contributed by atoms with E-state index in [-0.39, 0.29) is 11.3 Å². The lowest BCUT2D eigenvalue weighted by Crippen LogP contribution is -2.33. The van der Waals surface area contributed by atoms with Crippen molar-refractivity contribution in [3.8, 4) is 5.75 Å². The summed E-state index contributed by atoms with van der Waals surface area (Å²) in [5.74, 6) is 0.945. The minimum absolute atomic E-state index is 0.0476. The van der Waals surface area contributed by atoms with Crippen LogP contribution in [0.25, 0.3) is 10.9 Å². The second-order valence-corrected chi connectivity index (χ2v) is 7.27. The molecular weight excluding hydrogens is 324 g/mol. The molecule has 26 heavy (non-hydrogen) atoms. The molecular formula is C22H24N2O2.